The fraction of sp³-hybridized carbons (Fsp3) is 0.389. The van der Waals surface area contributed by atoms with E-state index in [2.05, 4.69) is 26.3 Å². The molecule has 0 bridgehead atoms. The van der Waals surface area contributed by atoms with Gasteiger partial charge in [0.2, 0.25) is 29.6 Å². The van der Waals surface area contributed by atoms with Crippen molar-refractivity contribution in [1.82, 2.24) is 20.4 Å². The molecule has 13 nitrogen and oxygen atoms in total. The minimum absolute atomic E-state index is 0.00519. The number of guanidine groups is 1. The molecule has 2 aromatic heterocycles. The van der Waals surface area contributed by atoms with Gasteiger partial charge in [0.15, 0.2) is 5.11 Å². The number of nitrogens with zero attached hydrogens (tertiary/aromatic N) is 3. The fourth-order valence-corrected chi connectivity index (χ4v) is 6.24. The van der Waals surface area contributed by atoms with Gasteiger partial charge in [-0.2, -0.15) is 0 Å². The van der Waals surface area contributed by atoms with Crippen molar-refractivity contribution in [1.29, 1.82) is 0 Å². The Bertz CT molecular complexity index is 1930. The van der Waals surface area contributed by atoms with Gasteiger partial charge >= 0.3 is 0 Å². The maximum Gasteiger partial charge on any atom is 0.247 e. The van der Waals surface area contributed by atoms with E-state index in [9.17, 15) is 19.2 Å². The van der Waals surface area contributed by atoms with Crippen molar-refractivity contribution in [3.05, 3.63) is 60.1 Å². The molecule has 4 N–H and O–H groups in total. The van der Waals surface area contributed by atoms with Crippen LogP contribution in [0.3, 0.4) is 0 Å². The summed E-state index contributed by atoms with van der Waals surface area (Å²) in [5.41, 5.74) is 3.14. The van der Waals surface area contributed by atoms with Gasteiger partial charge in [-0.25, -0.2) is 4.99 Å². The van der Waals surface area contributed by atoms with Gasteiger partial charge in [0.05, 0.1) is 6.54 Å². The van der Waals surface area contributed by atoms with Crippen LogP contribution < -0.4 is 21.3 Å². The Kier molecular flexibility index (Phi) is 11.9. The number of fused-ring (bicyclic) bond motifs is 2. The minimum Gasteiger partial charge on any atom is -0.461 e. The van der Waals surface area contributed by atoms with E-state index in [0.717, 1.165) is 83.6 Å². The van der Waals surface area contributed by atoms with E-state index in [1.165, 1.54) is 13.8 Å². The molecular formula is C36H43N7O6S. The molecule has 0 spiro atoms. The Morgan fingerprint density at radius 1 is 0.800 bits per heavy atom. The average molecular weight is 702 g/mol. The van der Waals surface area contributed by atoms with Crippen LogP contribution in [0.1, 0.15) is 57.5 Å². The maximum absolute atomic E-state index is 13.2. The summed E-state index contributed by atoms with van der Waals surface area (Å²) in [4.78, 5) is 56.5. The van der Waals surface area contributed by atoms with Crippen molar-refractivity contribution in [2.24, 2.45) is 4.99 Å². The fourth-order valence-electron chi connectivity index (χ4n) is 5.98. The summed E-state index contributed by atoms with van der Waals surface area (Å²) in [6, 6.07) is 14.4. The van der Waals surface area contributed by atoms with E-state index >= 15 is 0 Å². The van der Waals surface area contributed by atoms with E-state index in [1.807, 2.05) is 67.3 Å². The first-order chi connectivity index (χ1) is 23.9. The number of hydrogen-bond donors (Lipinski definition) is 4. The lowest BCUT2D eigenvalue weighted by atomic mass is 10.1. The number of aryl methyl sites for hydroxylation is 2. The SMILES string of the molecule is CC(=O)NC(=N[C@H]1CCCCN(CC(=O)N2CCCC2)C1=O)Nc1ccc2oc(C)cc2c1.CC(=O)NC(=S)Nc1ccc2oc(C)cc2c1. The number of furan rings is 2. The lowest BCUT2D eigenvalue weighted by molar-refractivity contribution is -0.140. The summed E-state index contributed by atoms with van der Waals surface area (Å²) < 4.78 is 11.1. The average Bonchev–Trinajstić information content (AvgIpc) is 3.77. The molecule has 0 aliphatic carbocycles. The largest absolute Gasteiger partial charge is 0.461 e. The zero-order chi connectivity index (χ0) is 35.8. The molecule has 264 valence electrons. The highest BCUT2D eigenvalue weighted by molar-refractivity contribution is 7.80. The standard InChI is InChI=1S/C24H31N5O4.C12H12N2O2S/c1-16-13-18-14-19(8-9-21(18)33-16)26-24(25-17(2)30)27-20-7-3-4-12-29(23(20)32)15-22(31)28-10-5-6-11-28;1-7-5-9-6-10(3-4-11(9)16-7)14-12(17)13-8(2)15/h8-9,13-14,20H,3-7,10-12,15H2,1-2H3,(H2,25,26,27,30);3-6H,1-2H3,(H2,13,14,15,17)/t20-;/m0./s1. The topological polar surface area (TPSA) is 162 Å². The first kappa shape index (κ1) is 36.1. The summed E-state index contributed by atoms with van der Waals surface area (Å²) in [6.07, 6.45) is 4.25. The van der Waals surface area contributed by atoms with Crippen LogP contribution in [0.15, 0.2) is 62.4 Å². The molecule has 50 heavy (non-hydrogen) atoms. The van der Waals surface area contributed by atoms with Crippen molar-refractivity contribution in [2.45, 2.75) is 65.8 Å². The monoisotopic (exact) mass is 701 g/mol. The molecule has 2 aliphatic rings. The molecule has 1 atom stereocenters. The van der Waals surface area contributed by atoms with Crippen LogP contribution in [0.2, 0.25) is 0 Å². The summed E-state index contributed by atoms with van der Waals surface area (Å²) in [5, 5.41) is 13.5. The number of likely N-dealkylation sites (tertiary alicyclic amines) is 2. The molecule has 2 saturated heterocycles. The lowest BCUT2D eigenvalue weighted by Crippen LogP contribution is -2.45. The van der Waals surface area contributed by atoms with E-state index in [1.54, 1.807) is 4.90 Å². The van der Waals surface area contributed by atoms with E-state index < -0.39 is 6.04 Å². The Morgan fingerprint density at radius 2 is 1.36 bits per heavy atom. The highest BCUT2D eigenvalue weighted by Gasteiger charge is 2.30. The van der Waals surface area contributed by atoms with Crippen molar-refractivity contribution in [2.75, 3.05) is 36.8 Å². The van der Waals surface area contributed by atoms with Gasteiger partial charge in [-0.15, -0.1) is 0 Å². The molecule has 0 unspecified atom stereocenters. The number of benzene rings is 2. The lowest BCUT2D eigenvalue weighted by Gasteiger charge is -2.25. The Hall–Kier alpha value is -5.24. The zero-order valence-electron chi connectivity index (χ0n) is 28.8. The van der Waals surface area contributed by atoms with E-state index in [0.29, 0.717) is 13.0 Å². The first-order valence-corrected chi connectivity index (χ1v) is 17.1. The second kappa shape index (κ2) is 16.4. The minimum atomic E-state index is -0.659. The number of nitrogens with one attached hydrogen (secondary N) is 4. The van der Waals surface area contributed by atoms with Crippen LogP contribution in [0.25, 0.3) is 21.9 Å². The molecule has 4 aromatic rings. The molecule has 6 rings (SSSR count). The molecule has 14 heteroatoms. The molecular weight excluding hydrogens is 659 g/mol. The van der Waals surface area contributed by atoms with Gasteiger partial charge < -0.3 is 34.6 Å². The number of hydrogen-bond acceptors (Lipinski definition) is 8. The Labute approximate surface area is 295 Å². The number of rotatable bonds is 5. The van der Waals surface area contributed by atoms with Crippen LogP contribution >= 0.6 is 12.2 Å². The van der Waals surface area contributed by atoms with Gasteiger partial charge in [-0.3, -0.25) is 24.5 Å². The molecule has 4 amide bonds. The smallest absolute Gasteiger partial charge is 0.247 e. The molecule has 4 heterocycles. The third kappa shape index (κ3) is 9.91. The number of carbonyl (C=O) groups is 4. The van der Waals surface area contributed by atoms with Gasteiger partial charge in [0.25, 0.3) is 0 Å². The number of amides is 4. The molecule has 2 aliphatic heterocycles. The summed E-state index contributed by atoms with van der Waals surface area (Å²) >= 11 is 4.97. The number of anilines is 2. The predicted octanol–water partition coefficient (Wildman–Crippen LogP) is 5.22. The van der Waals surface area contributed by atoms with Crippen LogP contribution in [0.5, 0.6) is 0 Å². The summed E-state index contributed by atoms with van der Waals surface area (Å²) in [6.45, 7) is 8.75. The molecule has 0 saturated carbocycles. The van der Waals surface area contributed by atoms with Crippen molar-refractivity contribution >= 4 is 80.2 Å². The van der Waals surface area contributed by atoms with E-state index in [4.69, 9.17) is 21.1 Å². The van der Waals surface area contributed by atoms with Crippen LogP contribution in [0, 0.1) is 13.8 Å². The summed E-state index contributed by atoms with van der Waals surface area (Å²) in [7, 11) is 0. The summed E-state index contributed by atoms with van der Waals surface area (Å²) in [5.74, 6) is 1.23. The van der Waals surface area contributed by atoms with Crippen molar-refractivity contribution < 1.29 is 28.0 Å². The third-order valence-electron chi connectivity index (χ3n) is 8.21. The number of carbonyl (C=O) groups excluding carboxylic acids is 4. The second-order valence-electron chi connectivity index (χ2n) is 12.5. The number of aliphatic imine (C=N–C) groups is 1. The van der Waals surface area contributed by atoms with Crippen molar-refractivity contribution in [3.63, 3.8) is 0 Å². The third-order valence-corrected chi connectivity index (χ3v) is 8.41. The van der Waals surface area contributed by atoms with Crippen LogP contribution in [-0.2, 0) is 19.2 Å². The quantitative estimate of drug-likeness (QED) is 0.124. The highest BCUT2D eigenvalue weighted by Crippen LogP contribution is 2.24. The molecule has 2 aromatic carbocycles. The second-order valence-corrected chi connectivity index (χ2v) is 12.9. The maximum atomic E-state index is 13.2. The van der Waals surface area contributed by atoms with E-state index in [-0.39, 0.29) is 41.2 Å². The van der Waals surface area contributed by atoms with Crippen molar-refractivity contribution in [3.8, 4) is 0 Å². The number of thiocarbonyl (C=S) groups is 1. The van der Waals surface area contributed by atoms with Gasteiger partial charge in [0.1, 0.15) is 28.7 Å². The first-order valence-electron chi connectivity index (χ1n) is 16.7. The zero-order valence-corrected chi connectivity index (χ0v) is 29.6. The normalized spacial score (nSPS) is 16.4. The van der Waals surface area contributed by atoms with Crippen LogP contribution in [-0.4, -0.2) is 76.7 Å². The predicted molar refractivity (Wildman–Crippen MR) is 197 cm³/mol. The Balaban J connectivity index is 0.000000240. The van der Waals surface area contributed by atoms with Crippen LogP contribution in [0.4, 0.5) is 11.4 Å². The van der Waals surface area contributed by atoms with Gasteiger partial charge in [0, 0.05) is 55.6 Å². The van der Waals surface area contributed by atoms with Gasteiger partial charge in [-0.05, 0) is 107 Å². The highest BCUT2D eigenvalue weighted by atomic mass is 32.1. The molecule has 2 fully saturated rings. The molecule has 0 radical (unpaired) electrons. The van der Waals surface area contributed by atoms with Gasteiger partial charge in [-0.1, -0.05) is 0 Å². The Morgan fingerprint density at radius 3 is 1.94 bits per heavy atom.